The zero-order valence-corrected chi connectivity index (χ0v) is 14.4. The summed E-state index contributed by atoms with van der Waals surface area (Å²) in [7, 11) is 0. The lowest BCUT2D eigenvalue weighted by Gasteiger charge is -2.48. The molecule has 3 N–H and O–H groups in total. The molecule has 3 rings (SSSR count). The van der Waals surface area contributed by atoms with E-state index in [-0.39, 0.29) is 17.5 Å². The van der Waals surface area contributed by atoms with Crippen LogP contribution in [0, 0.1) is 5.92 Å². The Labute approximate surface area is 140 Å². The van der Waals surface area contributed by atoms with Crippen LogP contribution in [0.4, 0.5) is 0 Å². The summed E-state index contributed by atoms with van der Waals surface area (Å²) in [6, 6.07) is 0.226. The largest absolute Gasteiger partial charge is 0.379 e. The number of hydrogen-bond acceptors (Lipinski definition) is 4. The fourth-order valence-corrected chi connectivity index (χ4v) is 4.74. The molecule has 0 aromatic rings. The number of morpholine rings is 1. The first kappa shape index (κ1) is 17.2. The summed E-state index contributed by atoms with van der Waals surface area (Å²) in [5.74, 6) is 0.589. The van der Waals surface area contributed by atoms with Gasteiger partial charge in [0.15, 0.2) is 0 Å². The van der Waals surface area contributed by atoms with Crippen molar-refractivity contribution in [1.82, 2.24) is 10.2 Å². The predicted octanol–water partition coefficient (Wildman–Crippen LogP) is 1.66. The number of nitrogens with one attached hydrogen (secondary N) is 1. The van der Waals surface area contributed by atoms with E-state index < -0.39 is 0 Å². The van der Waals surface area contributed by atoms with Crippen LogP contribution in [0.25, 0.3) is 0 Å². The third-order valence-electron chi connectivity index (χ3n) is 6.25. The molecular weight excluding hydrogens is 290 g/mol. The lowest BCUT2D eigenvalue weighted by Crippen LogP contribution is -2.59. The maximum absolute atomic E-state index is 12.4. The zero-order valence-electron chi connectivity index (χ0n) is 14.4. The van der Waals surface area contributed by atoms with Gasteiger partial charge in [0.2, 0.25) is 5.91 Å². The highest BCUT2D eigenvalue weighted by Gasteiger charge is 2.39. The number of ether oxygens (including phenoxy) is 1. The molecule has 1 amide bonds. The van der Waals surface area contributed by atoms with Gasteiger partial charge < -0.3 is 15.8 Å². The van der Waals surface area contributed by atoms with E-state index in [1.165, 1.54) is 38.5 Å². The minimum atomic E-state index is 0.162. The second kappa shape index (κ2) is 7.95. The summed E-state index contributed by atoms with van der Waals surface area (Å²) < 4.78 is 5.52. The van der Waals surface area contributed by atoms with E-state index in [1.54, 1.807) is 0 Å². The quantitative estimate of drug-likeness (QED) is 0.807. The molecule has 1 aliphatic heterocycles. The van der Waals surface area contributed by atoms with Gasteiger partial charge in [0.05, 0.1) is 13.2 Å². The Hall–Kier alpha value is -0.650. The summed E-state index contributed by atoms with van der Waals surface area (Å²) in [6.45, 7) is 4.46. The Balaban J connectivity index is 1.54. The normalized spacial score (nSPS) is 31.9. The van der Waals surface area contributed by atoms with Crippen LogP contribution in [0.1, 0.15) is 57.8 Å². The van der Waals surface area contributed by atoms with Gasteiger partial charge in [0.1, 0.15) is 0 Å². The minimum Gasteiger partial charge on any atom is -0.379 e. The van der Waals surface area contributed by atoms with Crippen LogP contribution in [0.15, 0.2) is 0 Å². The molecule has 1 saturated heterocycles. The van der Waals surface area contributed by atoms with Crippen LogP contribution in [-0.4, -0.2) is 55.2 Å². The number of amides is 1. The average Bonchev–Trinajstić information content (AvgIpc) is 2.99. The van der Waals surface area contributed by atoms with Crippen LogP contribution in [-0.2, 0) is 9.53 Å². The molecule has 0 unspecified atom stereocenters. The van der Waals surface area contributed by atoms with Crippen LogP contribution in [0.5, 0.6) is 0 Å². The number of nitrogens with two attached hydrogens (primary N) is 1. The van der Waals surface area contributed by atoms with E-state index >= 15 is 0 Å². The minimum absolute atomic E-state index is 0.162. The van der Waals surface area contributed by atoms with E-state index in [2.05, 4.69) is 10.2 Å². The molecule has 23 heavy (non-hydrogen) atoms. The van der Waals surface area contributed by atoms with Crippen LogP contribution in [0.3, 0.4) is 0 Å². The Morgan fingerprint density at radius 1 is 1.13 bits per heavy atom. The van der Waals surface area contributed by atoms with Crippen molar-refractivity contribution < 1.29 is 9.53 Å². The van der Waals surface area contributed by atoms with Crippen molar-refractivity contribution in [1.29, 1.82) is 0 Å². The molecule has 2 aliphatic carbocycles. The standard InChI is InChI=1S/C18H33N3O2/c19-16-6-4-5-15(16)13-17(22)20-14-18(7-2-1-3-8-18)21-9-11-23-12-10-21/h15-16H,1-14,19H2,(H,20,22)/t15-,16+/m0/s1. The first-order chi connectivity index (χ1) is 11.2. The molecule has 5 heteroatoms. The van der Waals surface area contributed by atoms with Crippen LogP contribution >= 0.6 is 0 Å². The predicted molar refractivity (Wildman–Crippen MR) is 91.2 cm³/mol. The zero-order chi connectivity index (χ0) is 16.1. The Kier molecular flexibility index (Phi) is 5.94. The average molecular weight is 323 g/mol. The summed E-state index contributed by atoms with van der Waals surface area (Å²) in [5.41, 5.74) is 6.27. The van der Waals surface area contributed by atoms with Gasteiger partial charge in [-0.1, -0.05) is 25.7 Å². The Morgan fingerprint density at radius 2 is 1.87 bits per heavy atom. The number of rotatable bonds is 5. The van der Waals surface area contributed by atoms with Gasteiger partial charge >= 0.3 is 0 Å². The lowest BCUT2D eigenvalue weighted by atomic mass is 9.79. The monoisotopic (exact) mass is 323 g/mol. The second-order valence-corrected chi connectivity index (χ2v) is 7.72. The molecule has 3 aliphatic rings. The molecule has 0 spiro atoms. The highest BCUT2D eigenvalue weighted by Crippen LogP contribution is 2.34. The van der Waals surface area contributed by atoms with Crippen molar-refractivity contribution in [3.63, 3.8) is 0 Å². The van der Waals surface area contributed by atoms with Gasteiger partial charge in [-0.15, -0.1) is 0 Å². The van der Waals surface area contributed by atoms with E-state index in [9.17, 15) is 4.79 Å². The van der Waals surface area contributed by atoms with Crippen molar-refractivity contribution in [3.8, 4) is 0 Å². The van der Waals surface area contributed by atoms with Crippen LogP contribution < -0.4 is 11.1 Å². The van der Waals surface area contributed by atoms with Gasteiger partial charge in [-0.2, -0.15) is 0 Å². The highest BCUT2D eigenvalue weighted by atomic mass is 16.5. The van der Waals surface area contributed by atoms with Gasteiger partial charge in [-0.3, -0.25) is 9.69 Å². The van der Waals surface area contributed by atoms with E-state index in [4.69, 9.17) is 10.5 Å². The Morgan fingerprint density at radius 3 is 2.52 bits per heavy atom. The van der Waals surface area contributed by atoms with Crippen molar-refractivity contribution in [2.75, 3.05) is 32.8 Å². The first-order valence-electron chi connectivity index (χ1n) is 9.55. The third kappa shape index (κ3) is 4.25. The fraction of sp³-hybridized carbons (Fsp3) is 0.944. The number of nitrogens with zero attached hydrogens (tertiary/aromatic N) is 1. The van der Waals surface area contributed by atoms with Crippen LogP contribution in [0.2, 0.25) is 0 Å². The first-order valence-corrected chi connectivity index (χ1v) is 9.55. The Bertz CT molecular complexity index is 390. The molecule has 5 nitrogen and oxygen atoms in total. The molecule has 0 aromatic heterocycles. The van der Waals surface area contributed by atoms with Gasteiger partial charge in [0.25, 0.3) is 0 Å². The van der Waals surface area contributed by atoms with Gasteiger partial charge in [0, 0.05) is 37.6 Å². The number of carbonyl (C=O) groups is 1. The van der Waals surface area contributed by atoms with Gasteiger partial charge in [-0.25, -0.2) is 0 Å². The van der Waals surface area contributed by atoms with E-state index in [0.717, 1.165) is 45.7 Å². The van der Waals surface area contributed by atoms with Crippen molar-refractivity contribution >= 4 is 5.91 Å². The third-order valence-corrected chi connectivity index (χ3v) is 6.25. The maximum atomic E-state index is 12.4. The molecular formula is C18H33N3O2. The van der Waals surface area contributed by atoms with Crippen molar-refractivity contribution in [2.24, 2.45) is 11.7 Å². The summed E-state index contributed by atoms with van der Waals surface area (Å²) in [6.07, 6.45) is 10.3. The highest BCUT2D eigenvalue weighted by molar-refractivity contribution is 5.76. The molecule has 132 valence electrons. The van der Waals surface area contributed by atoms with E-state index in [1.807, 2.05) is 0 Å². The summed E-state index contributed by atoms with van der Waals surface area (Å²) in [5, 5.41) is 3.26. The lowest BCUT2D eigenvalue weighted by molar-refractivity contribution is -0.123. The maximum Gasteiger partial charge on any atom is 0.220 e. The number of carbonyl (C=O) groups excluding carboxylic acids is 1. The van der Waals surface area contributed by atoms with Gasteiger partial charge in [-0.05, 0) is 31.6 Å². The second-order valence-electron chi connectivity index (χ2n) is 7.72. The molecule has 3 fully saturated rings. The summed E-state index contributed by atoms with van der Waals surface area (Å²) in [4.78, 5) is 15.0. The molecule has 2 atom stereocenters. The molecule has 1 heterocycles. The molecule has 0 bridgehead atoms. The molecule has 2 saturated carbocycles. The fourth-order valence-electron chi connectivity index (χ4n) is 4.74. The summed E-state index contributed by atoms with van der Waals surface area (Å²) >= 11 is 0. The molecule has 0 aromatic carbocycles. The SMILES string of the molecule is N[C@@H]1CCC[C@H]1CC(=O)NCC1(N2CCOCC2)CCCCC1. The van der Waals surface area contributed by atoms with Crippen molar-refractivity contribution in [3.05, 3.63) is 0 Å². The van der Waals surface area contributed by atoms with Crippen molar-refractivity contribution in [2.45, 2.75) is 69.4 Å². The van der Waals surface area contributed by atoms with E-state index in [0.29, 0.717) is 12.3 Å². The number of hydrogen-bond donors (Lipinski definition) is 2. The topological polar surface area (TPSA) is 67.6 Å². The smallest absolute Gasteiger partial charge is 0.220 e. The molecule has 0 radical (unpaired) electrons.